The highest BCUT2D eigenvalue weighted by Crippen LogP contribution is 2.35. The summed E-state index contributed by atoms with van der Waals surface area (Å²) in [6.45, 7) is 0.299. The van der Waals surface area contributed by atoms with E-state index < -0.39 is 17.4 Å². The Hall–Kier alpha value is -0.750. The van der Waals surface area contributed by atoms with Gasteiger partial charge in [0.1, 0.15) is 6.04 Å². The van der Waals surface area contributed by atoms with Gasteiger partial charge in [0.05, 0.1) is 5.41 Å². The molecule has 0 aliphatic heterocycles. The molecule has 0 heterocycles. The van der Waals surface area contributed by atoms with Gasteiger partial charge < -0.3 is 16.2 Å². The van der Waals surface area contributed by atoms with Crippen LogP contribution in [0.5, 0.6) is 0 Å². The zero-order valence-electron chi connectivity index (χ0n) is 11.5. The molecule has 4 N–H and O–H groups in total. The van der Waals surface area contributed by atoms with Gasteiger partial charge >= 0.3 is 5.97 Å². The van der Waals surface area contributed by atoms with Crippen LogP contribution in [0.15, 0.2) is 0 Å². The van der Waals surface area contributed by atoms with E-state index in [1.54, 1.807) is 11.8 Å². The first-order valence-electron chi connectivity index (χ1n) is 6.78. The van der Waals surface area contributed by atoms with Crippen LogP contribution in [0.4, 0.5) is 0 Å². The number of carboxylic acid groups (broad SMARTS) is 1. The standard InChI is InChI=1S/C13H24N2O3S/c1-19-8-5-10(11(16)17)15-12(18)13(9-14)6-3-2-4-7-13/h10H,2-9,14H2,1H3,(H,15,18)(H,16,17)/t10-/m0/s1. The predicted molar refractivity (Wildman–Crippen MR) is 77.1 cm³/mol. The Morgan fingerprint density at radius 3 is 2.47 bits per heavy atom. The summed E-state index contributed by atoms with van der Waals surface area (Å²) in [7, 11) is 0. The second-order valence-corrected chi connectivity index (χ2v) is 6.18. The number of thioether (sulfide) groups is 1. The molecule has 0 saturated heterocycles. The SMILES string of the molecule is CSCC[C@H](NC(=O)C1(CN)CCCCC1)C(=O)O. The Kier molecular flexibility index (Phi) is 6.65. The first kappa shape index (κ1) is 16.3. The summed E-state index contributed by atoms with van der Waals surface area (Å²) < 4.78 is 0. The lowest BCUT2D eigenvalue weighted by Gasteiger charge is -2.35. The maximum absolute atomic E-state index is 12.4. The second kappa shape index (κ2) is 7.75. The van der Waals surface area contributed by atoms with E-state index in [-0.39, 0.29) is 5.91 Å². The monoisotopic (exact) mass is 288 g/mol. The van der Waals surface area contributed by atoms with E-state index >= 15 is 0 Å². The lowest BCUT2D eigenvalue weighted by atomic mass is 9.73. The summed E-state index contributed by atoms with van der Waals surface area (Å²) in [4.78, 5) is 23.5. The highest BCUT2D eigenvalue weighted by atomic mass is 32.2. The molecule has 6 heteroatoms. The number of nitrogens with two attached hydrogens (primary N) is 1. The Balaban J connectivity index is 2.65. The van der Waals surface area contributed by atoms with Gasteiger partial charge in [0.2, 0.25) is 5.91 Å². The van der Waals surface area contributed by atoms with Crippen molar-refractivity contribution >= 4 is 23.6 Å². The molecule has 5 nitrogen and oxygen atoms in total. The van der Waals surface area contributed by atoms with E-state index in [4.69, 9.17) is 10.8 Å². The van der Waals surface area contributed by atoms with Crippen LogP contribution in [0.3, 0.4) is 0 Å². The fourth-order valence-corrected chi connectivity index (χ4v) is 3.03. The molecule has 19 heavy (non-hydrogen) atoms. The molecule has 1 saturated carbocycles. The normalized spacial score (nSPS) is 19.7. The fraction of sp³-hybridized carbons (Fsp3) is 0.846. The van der Waals surface area contributed by atoms with Crippen LogP contribution < -0.4 is 11.1 Å². The average molecular weight is 288 g/mol. The molecule has 0 aromatic carbocycles. The minimum atomic E-state index is -0.967. The second-order valence-electron chi connectivity index (χ2n) is 5.19. The van der Waals surface area contributed by atoms with Crippen LogP contribution in [0.1, 0.15) is 38.5 Å². The van der Waals surface area contributed by atoms with E-state index in [9.17, 15) is 9.59 Å². The molecular formula is C13H24N2O3S. The van der Waals surface area contributed by atoms with Crippen molar-refractivity contribution in [3.8, 4) is 0 Å². The van der Waals surface area contributed by atoms with E-state index in [1.807, 2.05) is 6.26 Å². The molecular weight excluding hydrogens is 264 g/mol. The number of carbonyl (C=O) groups is 2. The molecule has 1 rings (SSSR count). The molecule has 0 spiro atoms. The smallest absolute Gasteiger partial charge is 0.326 e. The highest BCUT2D eigenvalue weighted by molar-refractivity contribution is 7.98. The van der Waals surface area contributed by atoms with Crippen molar-refractivity contribution in [1.29, 1.82) is 0 Å². The third-order valence-electron chi connectivity index (χ3n) is 3.90. The summed E-state index contributed by atoms with van der Waals surface area (Å²) in [6, 6.07) is -0.801. The van der Waals surface area contributed by atoms with E-state index in [0.29, 0.717) is 18.7 Å². The number of nitrogens with one attached hydrogen (secondary N) is 1. The third kappa shape index (κ3) is 4.38. The molecule has 0 aromatic heterocycles. The van der Waals surface area contributed by atoms with Gasteiger partial charge in [-0.2, -0.15) is 11.8 Å². The fourth-order valence-electron chi connectivity index (χ4n) is 2.56. The summed E-state index contributed by atoms with van der Waals surface area (Å²) in [6.07, 6.45) is 7.02. The predicted octanol–water partition coefficient (Wildman–Crippen LogP) is 1.22. The van der Waals surface area contributed by atoms with Gasteiger partial charge in [-0.15, -0.1) is 0 Å². The van der Waals surface area contributed by atoms with Gasteiger partial charge in [-0.25, -0.2) is 4.79 Å². The molecule has 1 aliphatic rings. The van der Waals surface area contributed by atoms with Crippen LogP contribution in [0, 0.1) is 5.41 Å². The molecule has 1 amide bonds. The number of hydrogen-bond donors (Lipinski definition) is 3. The van der Waals surface area contributed by atoms with Crippen molar-refractivity contribution in [2.24, 2.45) is 11.1 Å². The molecule has 1 fully saturated rings. The molecule has 0 aromatic rings. The first-order chi connectivity index (χ1) is 9.05. The zero-order chi connectivity index (χ0) is 14.3. The molecule has 0 bridgehead atoms. The number of carboxylic acids is 1. The van der Waals surface area contributed by atoms with Crippen LogP contribution in [0.2, 0.25) is 0 Å². The number of carbonyl (C=O) groups excluding carboxylic acids is 1. The first-order valence-corrected chi connectivity index (χ1v) is 8.18. The minimum absolute atomic E-state index is 0.178. The van der Waals surface area contributed by atoms with Gasteiger partial charge in [0.15, 0.2) is 0 Å². The topological polar surface area (TPSA) is 92.4 Å². The maximum atomic E-state index is 12.4. The quantitative estimate of drug-likeness (QED) is 0.655. The molecule has 0 radical (unpaired) electrons. The number of hydrogen-bond acceptors (Lipinski definition) is 4. The van der Waals surface area contributed by atoms with Crippen molar-refractivity contribution in [3.63, 3.8) is 0 Å². The zero-order valence-corrected chi connectivity index (χ0v) is 12.3. The lowest BCUT2D eigenvalue weighted by Crippen LogP contribution is -2.52. The van der Waals surface area contributed by atoms with Gasteiger partial charge in [-0.3, -0.25) is 4.79 Å². The molecule has 110 valence electrons. The lowest BCUT2D eigenvalue weighted by molar-refractivity contribution is -0.144. The Morgan fingerprint density at radius 1 is 1.37 bits per heavy atom. The van der Waals surface area contributed by atoms with E-state index in [2.05, 4.69) is 5.32 Å². The minimum Gasteiger partial charge on any atom is -0.480 e. The maximum Gasteiger partial charge on any atom is 0.326 e. The van der Waals surface area contributed by atoms with Crippen molar-refractivity contribution in [3.05, 3.63) is 0 Å². The van der Waals surface area contributed by atoms with Crippen LogP contribution in [-0.4, -0.2) is 41.6 Å². The number of rotatable bonds is 7. The van der Waals surface area contributed by atoms with Crippen LogP contribution in [-0.2, 0) is 9.59 Å². The molecule has 0 unspecified atom stereocenters. The van der Waals surface area contributed by atoms with E-state index in [1.165, 1.54) is 0 Å². The summed E-state index contributed by atoms with van der Waals surface area (Å²) >= 11 is 1.58. The van der Waals surface area contributed by atoms with E-state index in [0.717, 1.165) is 32.1 Å². The van der Waals surface area contributed by atoms with Gasteiger partial charge in [-0.1, -0.05) is 19.3 Å². The summed E-state index contributed by atoms with van der Waals surface area (Å²) in [5.41, 5.74) is 5.23. The van der Waals surface area contributed by atoms with Crippen molar-refractivity contribution in [1.82, 2.24) is 5.32 Å². The Bertz CT molecular complexity index is 317. The van der Waals surface area contributed by atoms with Gasteiger partial charge in [0, 0.05) is 6.54 Å². The van der Waals surface area contributed by atoms with Crippen molar-refractivity contribution in [2.45, 2.75) is 44.6 Å². The Labute approximate surface area is 118 Å². The van der Waals surface area contributed by atoms with Crippen molar-refractivity contribution in [2.75, 3.05) is 18.6 Å². The summed E-state index contributed by atoms with van der Waals surface area (Å²) in [5.74, 6) is -0.430. The van der Waals surface area contributed by atoms with Gasteiger partial charge in [-0.05, 0) is 31.3 Å². The number of amides is 1. The van der Waals surface area contributed by atoms with Gasteiger partial charge in [0.25, 0.3) is 0 Å². The van der Waals surface area contributed by atoms with Crippen molar-refractivity contribution < 1.29 is 14.7 Å². The molecule has 1 aliphatic carbocycles. The van der Waals surface area contributed by atoms with Crippen LogP contribution in [0.25, 0.3) is 0 Å². The highest BCUT2D eigenvalue weighted by Gasteiger charge is 2.39. The summed E-state index contributed by atoms with van der Waals surface area (Å²) in [5, 5.41) is 11.8. The number of aliphatic carboxylic acids is 1. The third-order valence-corrected chi connectivity index (χ3v) is 4.54. The average Bonchev–Trinajstić information content (AvgIpc) is 2.43. The molecule has 1 atom stereocenters. The largest absolute Gasteiger partial charge is 0.480 e. The van der Waals surface area contributed by atoms with Crippen LogP contribution >= 0.6 is 11.8 Å². The Morgan fingerprint density at radius 2 is 2.00 bits per heavy atom.